The first-order valence-electron chi connectivity index (χ1n) is 8.78. The Morgan fingerprint density at radius 3 is 2.85 bits per heavy atom. The van der Waals surface area contributed by atoms with Crippen molar-refractivity contribution < 1.29 is 14.7 Å². The summed E-state index contributed by atoms with van der Waals surface area (Å²) in [5, 5.41) is 9.87. The van der Waals surface area contributed by atoms with E-state index in [1.54, 1.807) is 24.3 Å². The van der Waals surface area contributed by atoms with Gasteiger partial charge in [0.15, 0.2) is 5.78 Å². The molecule has 27 heavy (non-hydrogen) atoms. The number of carboxylic acid groups (broad SMARTS) is 1. The number of hydrogen-bond donors (Lipinski definition) is 1. The fraction of sp³-hybridized carbons (Fsp3) is 0.250. The van der Waals surface area contributed by atoms with Crippen molar-refractivity contribution >= 4 is 40.3 Å². The maximum Gasteiger partial charge on any atom is 0.305 e. The molecule has 1 aromatic carbocycles. The van der Waals surface area contributed by atoms with E-state index >= 15 is 0 Å². The van der Waals surface area contributed by atoms with Crippen LogP contribution in [0.4, 0.5) is 5.69 Å². The maximum absolute atomic E-state index is 13.2. The molecule has 0 saturated carbocycles. The molecular formula is C20H19N3O3S. The van der Waals surface area contributed by atoms with E-state index in [0.29, 0.717) is 18.7 Å². The summed E-state index contributed by atoms with van der Waals surface area (Å²) >= 11 is 1.64. The van der Waals surface area contributed by atoms with Gasteiger partial charge in [0.05, 0.1) is 24.2 Å². The second kappa shape index (κ2) is 7.44. The Bertz CT molecular complexity index is 987. The zero-order valence-corrected chi connectivity index (χ0v) is 15.4. The smallest absolute Gasteiger partial charge is 0.305 e. The first kappa shape index (κ1) is 17.6. The molecule has 1 fully saturated rings. The van der Waals surface area contributed by atoms with Crippen LogP contribution >= 0.6 is 11.9 Å². The summed E-state index contributed by atoms with van der Waals surface area (Å²) in [5.41, 5.74) is 2.58. The zero-order valence-electron chi connectivity index (χ0n) is 14.6. The summed E-state index contributed by atoms with van der Waals surface area (Å²) in [6, 6.07) is 11.6. The number of aliphatic carboxylic acids is 1. The predicted molar refractivity (Wildman–Crippen MR) is 106 cm³/mol. The number of fused-ring (bicyclic) bond motifs is 1. The molecule has 138 valence electrons. The second-order valence-corrected chi connectivity index (χ2v) is 7.56. The molecule has 1 unspecified atom stereocenters. The molecule has 1 aliphatic rings. The number of aryl methyl sites for hydroxylation is 1. The number of nitrogens with zero attached hydrogens (tertiary/aromatic N) is 3. The average Bonchev–Trinajstić information content (AvgIpc) is 3.32. The van der Waals surface area contributed by atoms with E-state index in [9.17, 15) is 9.59 Å². The number of carboxylic acids is 1. The van der Waals surface area contributed by atoms with Crippen molar-refractivity contribution in [1.82, 2.24) is 9.55 Å². The van der Waals surface area contributed by atoms with Crippen LogP contribution in [0.3, 0.4) is 0 Å². The van der Waals surface area contributed by atoms with Gasteiger partial charge in [0.25, 0.3) is 0 Å². The SMILES string of the molecule is O=C(O)CCn1cc(C(=O)C2CSN(c3cccnc3)C2)c2ccccc21. The van der Waals surface area contributed by atoms with Crippen LogP contribution in [-0.4, -0.2) is 38.7 Å². The minimum absolute atomic E-state index is 0.0281. The van der Waals surface area contributed by atoms with Crippen molar-refractivity contribution in [2.75, 3.05) is 16.6 Å². The number of pyridine rings is 1. The van der Waals surface area contributed by atoms with E-state index < -0.39 is 5.97 Å². The summed E-state index contributed by atoms with van der Waals surface area (Å²) < 4.78 is 3.98. The number of Topliss-reactive ketones (excluding diaryl/α,β-unsaturated/α-hetero) is 1. The predicted octanol–water partition coefficient (Wildman–Crippen LogP) is 3.48. The summed E-state index contributed by atoms with van der Waals surface area (Å²) in [4.78, 5) is 28.3. The topological polar surface area (TPSA) is 75.4 Å². The normalized spacial score (nSPS) is 16.7. The first-order valence-corrected chi connectivity index (χ1v) is 9.72. The number of hydrogen-bond acceptors (Lipinski definition) is 5. The highest BCUT2D eigenvalue weighted by Crippen LogP contribution is 2.34. The molecule has 3 heterocycles. The third-order valence-corrected chi connectivity index (χ3v) is 5.97. The monoisotopic (exact) mass is 381 g/mol. The molecule has 4 rings (SSSR count). The van der Waals surface area contributed by atoms with Crippen molar-refractivity contribution in [3.63, 3.8) is 0 Å². The van der Waals surface area contributed by atoms with Crippen molar-refractivity contribution in [2.24, 2.45) is 5.92 Å². The van der Waals surface area contributed by atoms with Gasteiger partial charge in [-0.05, 0) is 30.1 Å². The van der Waals surface area contributed by atoms with Gasteiger partial charge in [0, 0.05) is 47.7 Å². The van der Waals surface area contributed by atoms with E-state index in [-0.39, 0.29) is 18.1 Å². The lowest BCUT2D eigenvalue weighted by Crippen LogP contribution is -2.22. The Morgan fingerprint density at radius 2 is 2.07 bits per heavy atom. The van der Waals surface area contributed by atoms with Gasteiger partial charge in [-0.15, -0.1) is 0 Å². The van der Waals surface area contributed by atoms with Crippen LogP contribution in [0.1, 0.15) is 16.8 Å². The van der Waals surface area contributed by atoms with Crippen molar-refractivity contribution in [1.29, 1.82) is 0 Å². The minimum atomic E-state index is -0.847. The van der Waals surface area contributed by atoms with Gasteiger partial charge in [0.1, 0.15) is 0 Å². The Hall–Kier alpha value is -2.80. The van der Waals surface area contributed by atoms with Crippen LogP contribution < -0.4 is 4.31 Å². The van der Waals surface area contributed by atoms with Gasteiger partial charge in [-0.1, -0.05) is 18.2 Å². The molecule has 1 saturated heterocycles. The number of aromatic nitrogens is 2. The summed E-state index contributed by atoms with van der Waals surface area (Å²) in [6.07, 6.45) is 5.38. The van der Waals surface area contributed by atoms with Gasteiger partial charge in [0.2, 0.25) is 0 Å². The van der Waals surface area contributed by atoms with Crippen molar-refractivity contribution in [3.8, 4) is 0 Å². The van der Waals surface area contributed by atoms with Crippen LogP contribution in [0.5, 0.6) is 0 Å². The lowest BCUT2D eigenvalue weighted by atomic mass is 9.98. The molecule has 0 spiro atoms. The van der Waals surface area contributed by atoms with Crippen LogP contribution in [0.25, 0.3) is 10.9 Å². The van der Waals surface area contributed by atoms with Gasteiger partial charge < -0.3 is 14.0 Å². The van der Waals surface area contributed by atoms with Gasteiger partial charge >= 0.3 is 5.97 Å². The fourth-order valence-corrected chi connectivity index (χ4v) is 4.55. The third kappa shape index (κ3) is 3.55. The van der Waals surface area contributed by atoms with Crippen molar-refractivity contribution in [3.05, 3.63) is 60.6 Å². The lowest BCUT2D eigenvalue weighted by Gasteiger charge is -2.15. The minimum Gasteiger partial charge on any atom is -0.481 e. The highest BCUT2D eigenvalue weighted by molar-refractivity contribution is 8.00. The standard InChI is InChI=1S/C20H19N3O3S/c24-19(25)7-9-22-12-17(16-5-1-2-6-18(16)22)20(26)14-11-23(27-13-14)15-4-3-8-21-10-15/h1-6,8,10,12,14H,7,9,11,13H2,(H,24,25). The Morgan fingerprint density at radius 1 is 1.22 bits per heavy atom. The highest BCUT2D eigenvalue weighted by Gasteiger charge is 2.31. The molecule has 7 heteroatoms. The number of carbonyl (C=O) groups is 2. The average molecular weight is 381 g/mol. The Balaban J connectivity index is 1.59. The molecule has 1 aliphatic heterocycles. The molecule has 1 N–H and O–H groups in total. The van der Waals surface area contributed by atoms with E-state index in [4.69, 9.17) is 5.11 Å². The molecule has 6 nitrogen and oxygen atoms in total. The lowest BCUT2D eigenvalue weighted by molar-refractivity contribution is -0.137. The molecule has 2 aromatic heterocycles. The molecule has 0 bridgehead atoms. The summed E-state index contributed by atoms with van der Waals surface area (Å²) in [7, 11) is 0. The van der Waals surface area contributed by atoms with Gasteiger partial charge in [-0.25, -0.2) is 0 Å². The van der Waals surface area contributed by atoms with Crippen LogP contribution in [0.15, 0.2) is 55.0 Å². The molecule has 3 aromatic rings. The molecule has 0 aliphatic carbocycles. The molecule has 0 radical (unpaired) electrons. The zero-order chi connectivity index (χ0) is 18.8. The third-order valence-electron chi connectivity index (χ3n) is 4.74. The first-order chi connectivity index (χ1) is 13.1. The number of ketones is 1. The summed E-state index contributed by atoms with van der Waals surface area (Å²) in [6.45, 7) is 0.994. The fourth-order valence-electron chi connectivity index (χ4n) is 3.39. The largest absolute Gasteiger partial charge is 0.481 e. The van der Waals surface area contributed by atoms with E-state index in [0.717, 1.165) is 22.3 Å². The number of benzene rings is 1. The quantitative estimate of drug-likeness (QED) is 0.520. The Kier molecular flexibility index (Phi) is 4.85. The van der Waals surface area contributed by atoms with Gasteiger partial charge in [-0.2, -0.15) is 0 Å². The number of para-hydroxylation sites is 1. The number of carbonyl (C=O) groups excluding carboxylic acids is 1. The van der Waals surface area contributed by atoms with E-state index in [1.165, 1.54) is 0 Å². The maximum atomic E-state index is 13.2. The van der Waals surface area contributed by atoms with Crippen LogP contribution in [0, 0.1) is 5.92 Å². The second-order valence-electron chi connectivity index (χ2n) is 6.53. The van der Waals surface area contributed by atoms with Gasteiger partial charge in [-0.3, -0.25) is 14.6 Å². The highest BCUT2D eigenvalue weighted by atomic mass is 32.2. The summed E-state index contributed by atoms with van der Waals surface area (Å²) in [5.74, 6) is -0.115. The van der Waals surface area contributed by atoms with Crippen LogP contribution in [-0.2, 0) is 11.3 Å². The van der Waals surface area contributed by atoms with E-state index in [2.05, 4.69) is 9.29 Å². The van der Waals surface area contributed by atoms with Crippen LogP contribution in [0.2, 0.25) is 0 Å². The number of rotatable bonds is 6. The van der Waals surface area contributed by atoms with E-state index in [1.807, 2.05) is 47.2 Å². The molecular weight excluding hydrogens is 362 g/mol. The Labute approximate surface area is 160 Å². The number of anilines is 1. The molecule has 0 amide bonds. The van der Waals surface area contributed by atoms with Crippen molar-refractivity contribution in [2.45, 2.75) is 13.0 Å². The molecule has 1 atom stereocenters.